The van der Waals surface area contributed by atoms with Crippen LogP contribution in [0.1, 0.15) is 13.3 Å². The third-order valence-corrected chi connectivity index (χ3v) is 4.55. The van der Waals surface area contributed by atoms with E-state index in [9.17, 15) is 0 Å². The lowest BCUT2D eigenvalue weighted by atomic mass is 10.1. The van der Waals surface area contributed by atoms with E-state index in [1.807, 2.05) is 12.1 Å². The number of fused-ring (bicyclic) bond motifs is 1. The van der Waals surface area contributed by atoms with Gasteiger partial charge in [-0.1, -0.05) is 18.5 Å². The number of aromatic amines is 1. The lowest BCUT2D eigenvalue weighted by molar-refractivity contribution is 0.333. The number of likely N-dealkylation sites (tertiary alicyclic amines) is 1. The predicted octanol–water partition coefficient (Wildman–Crippen LogP) is 3.69. The molecular weight excluding hydrogens is 278 g/mol. The molecule has 1 N–H and O–H groups in total. The molecule has 1 unspecified atom stereocenters. The van der Waals surface area contributed by atoms with Crippen LogP contribution in [-0.2, 0) is 6.54 Å². The molecule has 0 radical (unpaired) electrons. The molecule has 2 aromatic rings. The molecule has 1 saturated heterocycles. The highest BCUT2D eigenvalue weighted by Gasteiger charge is 2.22. The summed E-state index contributed by atoms with van der Waals surface area (Å²) in [7, 11) is 0. The highest BCUT2D eigenvalue weighted by atomic mass is 35.5. The molecule has 1 aliphatic heterocycles. The molecule has 0 aliphatic carbocycles. The van der Waals surface area contributed by atoms with Gasteiger partial charge in [0.05, 0.1) is 11.0 Å². The van der Waals surface area contributed by atoms with Gasteiger partial charge in [-0.15, -0.1) is 0 Å². The van der Waals surface area contributed by atoms with Gasteiger partial charge in [0.2, 0.25) is 0 Å². The van der Waals surface area contributed by atoms with Crippen molar-refractivity contribution in [1.82, 2.24) is 14.5 Å². The first-order valence-corrected chi connectivity index (χ1v) is 7.56. The van der Waals surface area contributed by atoms with E-state index in [1.54, 1.807) is 0 Å². The van der Waals surface area contributed by atoms with E-state index in [1.165, 1.54) is 19.5 Å². The summed E-state index contributed by atoms with van der Waals surface area (Å²) in [5.41, 5.74) is 2.19. The van der Waals surface area contributed by atoms with E-state index >= 15 is 0 Å². The van der Waals surface area contributed by atoms with Crippen molar-refractivity contribution in [2.75, 3.05) is 19.6 Å². The van der Waals surface area contributed by atoms with Crippen molar-refractivity contribution in [1.29, 1.82) is 0 Å². The van der Waals surface area contributed by atoms with E-state index in [0.717, 1.165) is 33.9 Å². The molecule has 3 nitrogen and oxygen atoms in total. The minimum absolute atomic E-state index is 0.696. The maximum atomic E-state index is 6.02. The third kappa shape index (κ3) is 2.57. The zero-order chi connectivity index (χ0) is 13.4. The molecule has 0 spiro atoms. The van der Waals surface area contributed by atoms with E-state index in [-0.39, 0.29) is 0 Å². The van der Waals surface area contributed by atoms with Gasteiger partial charge in [-0.3, -0.25) is 0 Å². The molecule has 1 atom stereocenters. The van der Waals surface area contributed by atoms with E-state index in [2.05, 4.69) is 27.4 Å². The first kappa shape index (κ1) is 13.2. The summed E-state index contributed by atoms with van der Waals surface area (Å²) < 4.78 is 3.01. The lowest BCUT2D eigenvalue weighted by Crippen LogP contribution is -2.21. The van der Waals surface area contributed by atoms with Crippen LogP contribution in [-0.4, -0.2) is 34.1 Å². The molecule has 0 amide bonds. The normalized spacial score (nSPS) is 20.4. The average Bonchev–Trinajstić information content (AvgIpc) is 2.95. The monoisotopic (exact) mass is 295 g/mol. The molecule has 0 bridgehead atoms. The fraction of sp³-hybridized carbons (Fsp3) is 0.500. The second-order valence-corrected chi connectivity index (χ2v) is 6.07. The van der Waals surface area contributed by atoms with Crippen molar-refractivity contribution in [2.24, 2.45) is 5.92 Å². The molecule has 3 rings (SSSR count). The summed E-state index contributed by atoms with van der Waals surface area (Å²) in [5.74, 6) is 0.696. The molecule has 5 heteroatoms. The van der Waals surface area contributed by atoms with Gasteiger partial charge in [0.25, 0.3) is 0 Å². The number of nitrogens with zero attached hydrogens (tertiary/aromatic N) is 2. The number of hydrogen-bond acceptors (Lipinski definition) is 2. The number of hydrogen-bond donors (Lipinski definition) is 1. The highest BCUT2D eigenvalue weighted by Crippen LogP contribution is 2.23. The first-order chi connectivity index (χ1) is 9.17. The van der Waals surface area contributed by atoms with Crippen LogP contribution in [0.2, 0.25) is 5.02 Å². The maximum absolute atomic E-state index is 6.02. The Hall–Kier alpha value is -0.840. The van der Waals surface area contributed by atoms with Gasteiger partial charge in [0.15, 0.2) is 4.77 Å². The van der Waals surface area contributed by atoms with Crippen LogP contribution in [0.5, 0.6) is 0 Å². The Labute approximate surface area is 123 Å². The summed E-state index contributed by atoms with van der Waals surface area (Å²) in [5, 5.41) is 0.744. The van der Waals surface area contributed by atoms with Gasteiger partial charge < -0.3 is 14.5 Å². The highest BCUT2D eigenvalue weighted by molar-refractivity contribution is 7.71. The van der Waals surface area contributed by atoms with Crippen LogP contribution >= 0.6 is 23.8 Å². The van der Waals surface area contributed by atoms with E-state index < -0.39 is 0 Å². The van der Waals surface area contributed by atoms with Crippen LogP contribution in [0.15, 0.2) is 18.2 Å². The van der Waals surface area contributed by atoms with Gasteiger partial charge in [-0.2, -0.15) is 0 Å². The van der Waals surface area contributed by atoms with Crippen molar-refractivity contribution < 1.29 is 0 Å². The second kappa shape index (κ2) is 5.27. The van der Waals surface area contributed by atoms with Crippen molar-refractivity contribution in [2.45, 2.75) is 19.9 Å². The molecule has 1 aromatic heterocycles. The largest absolute Gasteiger partial charge is 0.331 e. The van der Waals surface area contributed by atoms with Crippen molar-refractivity contribution in [3.63, 3.8) is 0 Å². The van der Waals surface area contributed by atoms with Crippen LogP contribution in [0.4, 0.5) is 0 Å². The van der Waals surface area contributed by atoms with Crippen LogP contribution in [0.3, 0.4) is 0 Å². The molecule has 2 heterocycles. The summed E-state index contributed by atoms with van der Waals surface area (Å²) in [6.07, 6.45) is 1.26. The second-order valence-electron chi connectivity index (χ2n) is 5.25. The smallest absolute Gasteiger partial charge is 0.178 e. The van der Waals surface area contributed by atoms with Crippen molar-refractivity contribution in [3.8, 4) is 0 Å². The standard InChI is InChI=1S/C14H18ClN3S/c1-2-17-6-5-10(8-17)9-18-13-4-3-11(15)7-12(13)16-14(18)19/h3-4,7,10H,2,5-6,8-9H2,1H3,(H,16,19). The predicted molar refractivity (Wildman–Crippen MR) is 82.4 cm³/mol. The van der Waals surface area contributed by atoms with Crippen LogP contribution in [0.25, 0.3) is 11.0 Å². The number of imidazole rings is 1. The fourth-order valence-corrected chi connectivity index (χ4v) is 3.38. The van der Waals surface area contributed by atoms with Gasteiger partial charge in [-0.25, -0.2) is 0 Å². The molecule has 1 aliphatic rings. The van der Waals surface area contributed by atoms with Crippen LogP contribution < -0.4 is 0 Å². The molecule has 19 heavy (non-hydrogen) atoms. The average molecular weight is 296 g/mol. The number of nitrogens with one attached hydrogen (secondary N) is 1. The number of aromatic nitrogens is 2. The van der Waals surface area contributed by atoms with Gasteiger partial charge in [0, 0.05) is 18.1 Å². The van der Waals surface area contributed by atoms with Crippen LogP contribution in [0, 0.1) is 10.7 Å². The fourth-order valence-electron chi connectivity index (χ4n) is 2.92. The zero-order valence-electron chi connectivity index (χ0n) is 11.0. The SMILES string of the molecule is CCN1CCC(Cn2c(=S)[nH]c3cc(Cl)ccc32)C1. The van der Waals surface area contributed by atoms with E-state index in [4.69, 9.17) is 23.8 Å². The molecule has 1 aromatic carbocycles. The van der Waals surface area contributed by atoms with E-state index in [0.29, 0.717) is 5.92 Å². The molecular formula is C14H18ClN3S. The van der Waals surface area contributed by atoms with Gasteiger partial charge >= 0.3 is 0 Å². The Kier molecular flexibility index (Phi) is 3.65. The summed E-state index contributed by atoms with van der Waals surface area (Å²) in [6, 6.07) is 5.92. The quantitative estimate of drug-likeness (QED) is 0.873. The minimum Gasteiger partial charge on any atom is -0.331 e. The number of rotatable bonds is 3. The van der Waals surface area contributed by atoms with Gasteiger partial charge in [-0.05, 0) is 55.8 Å². The summed E-state index contributed by atoms with van der Waals surface area (Å²) >= 11 is 11.5. The Balaban J connectivity index is 1.89. The molecule has 102 valence electrons. The zero-order valence-corrected chi connectivity index (χ0v) is 12.6. The summed E-state index contributed by atoms with van der Waals surface area (Å²) in [4.78, 5) is 5.75. The first-order valence-electron chi connectivity index (χ1n) is 6.78. The minimum atomic E-state index is 0.696. The number of H-pyrrole nitrogens is 1. The third-order valence-electron chi connectivity index (χ3n) is 3.99. The Morgan fingerprint density at radius 1 is 1.47 bits per heavy atom. The Morgan fingerprint density at radius 2 is 2.32 bits per heavy atom. The number of halogens is 1. The van der Waals surface area contributed by atoms with Gasteiger partial charge in [0.1, 0.15) is 0 Å². The summed E-state index contributed by atoms with van der Waals surface area (Å²) in [6.45, 7) is 6.76. The Morgan fingerprint density at radius 3 is 3.05 bits per heavy atom. The van der Waals surface area contributed by atoms with Crippen molar-refractivity contribution in [3.05, 3.63) is 28.0 Å². The molecule has 0 saturated carbocycles. The molecule has 1 fully saturated rings. The number of benzene rings is 1. The Bertz CT molecular complexity index is 646. The van der Waals surface area contributed by atoms with Crippen molar-refractivity contribution >= 4 is 34.9 Å². The topological polar surface area (TPSA) is 24.0 Å². The maximum Gasteiger partial charge on any atom is 0.178 e. The lowest BCUT2D eigenvalue weighted by Gasteiger charge is -2.14.